The molecule has 3 aromatic heterocycles. The fraction of sp³-hybridized carbons (Fsp3) is 0.360. The molecule has 9 heteroatoms. The minimum absolute atomic E-state index is 0.520. The van der Waals surface area contributed by atoms with Gasteiger partial charge in [0.25, 0.3) is 0 Å². The Morgan fingerprint density at radius 3 is 2.41 bits per heavy atom. The summed E-state index contributed by atoms with van der Waals surface area (Å²) in [6.45, 7) is 9.56. The van der Waals surface area contributed by atoms with E-state index in [1.165, 1.54) is 0 Å². The third-order valence-corrected chi connectivity index (χ3v) is 5.92. The predicted molar refractivity (Wildman–Crippen MR) is 126 cm³/mol. The summed E-state index contributed by atoms with van der Waals surface area (Å²) in [6, 6.07) is 11.4. The van der Waals surface area contributed by atoms with Gasteiger partial charge in [-0.15, -0.1) is 4.68 Å². The molecule has 0 aliphatic rings. The van der Waals surface area contributed by atoms with E-state index in [-0.39, 0.29) is 0 Å². The lowest BCUT2D eigenvalue weighted by atomic mass is 9.97. The van der Waals surface area contributed by atoms with Crippen molar-refractivity contribution in [1.82, 2.24) is 29.6 Å². The van der Waals surface area contributed by atoms with Gasteiger partial charge in [-0.1, -0.05) is 4.68 Å². The molecule has 0 spiro atoms. The molecule has 4 aromatic rings. The number of aliphatic hydroxyl groups is 1. The Hall–Kier alpha value is -3.90. The number of hydrogen-bond acceptors (Lipinski definition) is 6. The SMILES string of the molecule is Cc1nn(-c2cc(Cc3c(C)n(-c4ccc(C#N)cc4)n[n+]3C)ncn2)c(C)c1CC(C)(C)O. The highest BCUT2D eigenvalue weighted by Crippen LogP contribution is 2.22. The van der Waals surface area contributed by atoms with Crippen molar-refractivity contribution in [3.05, 3.63) is 76.3 Å². The smallest absolute Gasteiger partial charge is 0.176 e. The molecule has 0 saturated carbocycles. The van der Waals surface area contributed by atoms with Crippen molar-refractivity contribution in [2.45, 2.75) is 53.1 Å². The highest BCUT2D eigenvalue weighted by atomic mass is 16.3. The van der Waals surface area contributed by atoms with Crippen LogP contribution in [0.25, 0.3) is 11.5 Å². The van der Waals surface area contributed by atoms with Crippen LogP contribution in [-0.4, -0.2) is 40.4 Å². The van der Waals surface area contributed by atoms with Crippen molar-refractivity contribution in [2.24, 2.45) is 7.05 Å². The Morgan fingerprint density at radius 2 is 1.76 bits per heavy atom. The average Bonchev–Trinajstić information content (AvgIpc) is 3.23. The molecule has 0 aliphatic heterocycles. The topological polar surface area (TPSA) is 109 Å². The zero-order chi connectivity index (χ0) is 24.6. The summed E-state index contributed by atoms with van der Waals surface area (Å²) >= 11 is 0. The maximum atomic E-state index is 10.3. The van der Waals surface area contributed by atoms with Gasteiger partial charge in [0, 0.05) is 25.1 Å². The van der Waals surface area contributed by atoms with Gasteiger partial charge in [-0.2, -0.15) is 10.4 Å². The first-order valence-electron chi connectivity index (χ1n) is 11.1. The van der Waals surface area contributed by atoms with E-state index in [0.717, 1.165) is 39.7 Å². The highest BCUT2D eigenvalue weighted by molar-refractivity contribution is 5.40. The van der Waals surface area contributed by atoms with Crippen molar-refractivity contribution in [2.75, 3.05) is 0 Å². The monoisotopic (exact) mass is 457 g/mol. The van der Waals surface area contributed by atoms with E-state index in [9.17, 15) is 5.11 Å². The van der Waals surface area contributed by atoms with Crippen LogP contribution in [0.1, 0.15) is 53.4 Å². The van der Waals surface area contributed by atoms with Crippen LogP contribution in [-0.2, 0) is 19.9 Å². The predicted octanol–water partition coefficient (Wildman–Crippen LogP) is 2.37. The summed E-state index contributed by atoms with van der Waals surface area (Å²) in [5, 5.41) is 28.6. The fourth-order valence-electron chi connectivity index (χ4n) is 4.13. The summed E-state index contributed by atoms with van der Waals surface area (Å²) in [5.74, 6) is 0.687. The largest absolute Gasteiger partial charge is 0.390 e. The van der Waals surface area contributed by atoms with E-state index in [1.807, 2.05) is 60.1 Å². The van der Waals surface area contributed by atoms with Crippen molar-refractivity contribution >= 4 is 0 Å². The molecule has 3 heterocycles. The zero-order valence-corrected chi connectivity index (χ0v) is 20.4. The molecule has 0 fully saturated rings. The van der Waals surface area contributed by atoms with Gasteiger partial charge in [-0.05, 0) is 57.5 Å². The lowest BCUT2D eigenvalue weighted by Gasteiger charge is -2.17. The van der Waals surface area contributed by atoms with Crippen LogP contribution in [0.15, 0.2) is 36.7 Å². The van der Waals surface area contributed by atoms with Crippen LogP contribution < -0.4 is 4.68 Å². The number of nitriles is 1. The molecule has 0 amide bonds. The van der Waals surface area contributed by atoms with Gasteiger partial charge in [-0.3, -0.25) is 0 Å². The number of benzene rings is 1. The number of aromatic nitrogens is 7. The van der Waals surface area contributed by atoms with E-state index in [1.54, 1.807) is 32.3 Å². The van der Waals surface area contributed by atoms with E-state index in [0.29, 0.717) is 24.2 Å². The van der Waals surface area contributed by atoms with Gasteiger partial charge < -0.3 is 5.11 Å². The van der Waals surface area contributed by atoms with E-state index in [4.69, 9.17) is 5.26 Å². The number of rotatable bonds is 6. The first-order chi connectivity index (χ1) is 16.1. The van der Waals surface area contributed by atoms with Gasteiger partial charge in [-0.25, -0.2) is 14.6 Å². The van der Waals surface area contributed by atoms with Gasteiger partial charge >= 0.3 is 0 Å². The van der Waals surface area contributed by atoms with Gasteiger partial charge in [0.1, 0.15) is 13.4 Å². The molecule has 0 saturated heterocycles. The minimum atomic E-state index is -0.818. The molecule has 0 bridgehead atoms. The third kappa shape index (κ3) is 4.58. The average molecular weight is 458 g/mol. The van der Waals surface area contributed by atoms with Crippen LogP contribution in [0, 0.1) is 32.1 Å². The Labute approximate surface area is 198 Å². The van der Waals surface area contributed by atoms with Crippen LogP contribution in [0.3, 0.4) is 0 Å². The Kier molecular flexibility index (Phi) is 6.02. The van der Waals surface area contributed by atoms with Crippen molar-refractivity contribution in [3.8, 4) is 17.6 Å². The maximum absolute atomic E-state index is 10.3. The lowest BCUT2D eigenvalue weighted by molar-refractivity contribution is -0.738. The summed E-state index contributed by atoms with van der Waals surface area (Å²) in [7, 11) is 1.91. The molecular weight excluding hydrogens is 428 g/mol. The number of hydrogen-bond donors (Lipinski definition) is 1. The first-order valence-corrected chi connectivity index (χ1v) is 11.1. The van der Waals surface area contributed by atoms with Crippen LogP contribution in [0.2, 0.25) is 0 Å². The molecule has 0 radical (unpaired) electrons. The van der Waals surface area contributed by atoms with Gasteiger partial charge in [0.05, 0.1) is 40.3 Å². The molecule has 0 unspecified atom stereocenters. The molecule has 9 nitrogen and oxygen atoms in total. The van der Waals surface area contributed by atoms with Crippen LogP contribution >= 0.6 is 0 Å². The maximum Gasteiger partial charge on any atom is 0.176 e. The summed E-state index contributed by atoms with van der Waals surface area (Å²) in [6.07, 6.45) is 2.65. The van der Waals surface area contributed by atoms with E-state index >= 15 is 0 Å². The van der Waals surface area contributed by atoms with Crippen LogP contribution in [0.5, 0.6) is 0 Å². The number of aryl methyl sites for hydroxylation is 2. The Morgan fingerprint density at radius 1 is 1.06 bits per heavy atom. The molecular formula is C25H29N8O+. The molecule has 1 N–H and O–H groups in total. The van der Waals surface area contributed by atoms with Gasteiger partial charge in [0.15, 0.2) is 22.9 Å². The minimum Gasteiger partial charge on any atom is -0.390 e. The Bertz CT molecular complexity index is 1380. The van der Waals surface area contributed by atoms with Gasteiger partial charge in [0.2, 0.25) is 0 Å². The second kappa shape index (κ2) is 8.80. The molecule has 0 atom stereocenters. The molecule has 4 rings (SSSR count). The highest BCUT2D eigenvalue weighted by Gasteiger charge is 2.24. The van der Waals surface area contributed by atoms with Crippen molar-refractivity contribution in [3.63, 3.8) is 0 Å². The van der Waals surface area contributed by atoms with Crippen molar-refractivity contribution < 1.29 is 9.79 Å². The molecule has 1 aromatic carbocycles. The first kappa shape index (κ1) is 23.3. The van der Waals surface area contributed by atoms with Crippen molar-refractivity contribution in [1.29, 1.82) is 5.26 Å². The molecule has 34 heavy (non-hydrogen) atoms. The summed E-state index contributed by atoms with van der Waals surface area (Å²) in [5.41, 5.74) is 6.41. The quantitative estimate of drug-likeness (QED) is 0.445. The van der Waals surface area contributed by atoms with E-state index < -0.39 is 5.60 Å². The third-order valence-electron chi connectivity index (χ3n) is 5.92. The Balaban J connectivity index is 1.65. The lowest BCUT2D eigenvalue weighted by Crippen LogP contribution is -2.35. The normalized spacial score (nSPS) is 11.6. The summed E-state index contributed by atoms with van der Waals surface area (Å²) < 4.78 is 5.52. The summed E-state index contributed by atoms with van der Waals surface area (Å²) in [4.78, 5) is 8.94. The number of nitrogens with zero attached hydrogens (tertiary/aromatic N) is 8. The second-order valence-corrected chi connectivity index (χ2v) is 9.21. The standard InChI is InChI=1S/C25H29N8O/c1-16-22(13-25(4,5)34)17(2)33(29-16)24-12-20(27-15-28-24)11-23-18(3)32(30-31(23)6)21-9-7-19(14-26)8-10-21/h7-10,12,15,34H,11,13H2,1-6H3/q+1. The zero-order valence-electron chi connectivity index (χ0n) is 20.4. The van der Waals surface area contributed by atoms with E-state index in [2.05, 4.69) is 26.3 Å². The molecule has 0 aliphatic carbocycles. The second-order valence-electron chi connectivity index (χ2n) is 9.21. The molecule has 174 valence electrons. The fourth-order valence-corrected chi connectivity index (χ4v) is 4.13. The van der Waals surface area contributed by atoms with Crippen LogP contribution in [0.4, 0.5) is 0 Å².